The van der Waals surface area contributed by atoms with Crippen molar-refractivity contribution in [3.8, 4) is 11.3 Å². The van der Waals surface area contributed by atoms with Crippen LogP contribution in [0, 0.1) is 12.7 Å². The molecule has 0 radical (unpaired) electrons. The lowest BCUT2D eigenvalue weighted by Gasteiger charge is -2.04. The third kappa shape index (κ3) is 1.51. The van der Waals surface area contributed by atoms with Crippen LogP contribution in [-0.4, -0.2) is 9.59 Å². The fourth-order valence-electron chi connectivity index (χ4n) is 1.21. The van der Waals surface area contributed by atoms with E-state index < -0.39 is 5.82 Å². The zero-order chi connectivity index (χ0) is 10.1. The van der Waals surface area contributed by atoms with Gasteiger partial charge in [0.1, 0.15) is 11.5 Å². The van der Waals surface area contributed by atoms with Crippen LogP contribution in [0.4, 0.5) is 4.39 Å². The monoisotopic (exact) mass is 228 g/mol. The van der Waals surface area contributed by atoms with E-state index in [4.69, 9.17) is 11.6 Å². The minimum Gasteiger partial charge on any atom is -0.205 e. The molecule has 0 N–H and O–H groups in total. The van der Waals surface area contributed by atoms with Crippen LogP contribution >= 0.6 is 23.1 Å². The van der Waals surface area contributed by atoms with Gasteiger partial charge in [-0.1, -0.05) is 22.2 Å². The maximum atomic E-state index is 13.4. The van der Waals surface area contributed by atoms with E-state index in [1.807, 2.05) is 0 Å². The first-order chi connectivity index (χ1) is 6.70. The molecule has 5 heteroatoms. The van der Waals surface area contributed by atoms with E-state index in [1.54, 1.807) is 18.4 Å². The summed E-state index contributed by atoms with van der Waals surface area (Å²) in [7, 11) is 0. The number of rotatable bonds is 1. The van der Waals surface area contributed by atoms with Gasteiger partial charge in [-0.15, -0.1) is 5.10 Å². The molecule has 1 aromatic carbocycles. The van der Waals surface area contributed by atoms with Crippen molar-refractivity contribution in [2.45, 2.75) is 6.92 Å². The summed E-state index contributed by atoms with van der Waals surface area (Å²) in [4.78, 5) is 0. The highest BCUT2D eigenvalue weighted by atomic mass is 35.5. The van der Waals surface area contributed by atoms with Crippen LogP contribution < -0.4 is 0 Å². The second-order valence-electron chi connectivity index (χ2n) is 2.82. The molecule has 0 aliphatic heterocycles. The Morgan fingerprint density at radius 2 is 2.21 bits per heavy atom. The van der Waals surface area contributed by atoms with Gasteiger partial charge in [0.2, 0.25) is 0 Å². The first-order valence-corrected chi connectivity index (χ1v) is 5.13. The lowest BCUT2D eigenvalue weighted by molar-refractivity contribution is 0.619. The summed E-state index contributed by atoms with van der Waals surface area (Å²) in [6, 6.07) is 3.27. The maximum absolute atomic E-state index is 13.4. The Morgan fingerprint density at radius 1 is 1.43 bits per heavy atom. The Hall–Kier alpha value is -1.000. The number of nitrogens with zero attached hydrogens (tertiary/aromatic N) is 2. The smallest absolute Gasteiger partial charge is 0.145 e. The Balaban J connectivity index is 2.61. The summed E-state index contributed by atoms with van der Waals surface area (Å²) in [5.41, 5.74) is 1.92. The molecule has 0 amide bonds. The van der Waals surface area contributed by atoms with Gasteiger partial charge in [-0.2, -0.15) is 0 Å². The molecule has 0 saturated carbocycles. The zero-order valence-corrected chi connectivity index (χ0v) is 8.86. The highest BCUT2D eigenvalue weighted by Gasteiger charge is 2.11. The molecule has 0 fully saturated rings. The standard InChI is InChI=1S/C9H6ClFN2S/c1-5-6(8-4-14-13-12-8)2-3-7(10)9(5)11/h2-4H,1H3. The minimum absolute atomic E-state index is 0.134. The molecule has 14 heavy (non-hydrogen) atoms. The van der Waals surface area contributed by atoms with Crippen molar-refractivity contribution in [3.63, 3.8) is 0 Å². The van der Waals surface area contributed by atoms with E-state index in [2.05, 4.69) is 9.59 Å². The molecule has 0 atom stereocenters. The quantitative estimate of drug-likeness (QED) is 0.749. The van der Waals surface area contributed by atoms with Crippen LogP contribution in [0.1, 0.15) is 5.56 Å². The van der Waals surface area contributed by atoms with Crippen LogP contribution in [0.25, 0.3) is 11.3 Å². The lowest BCUT2D eigenvalue weighted by Crippen LogP contribution is -1.89. The van der Waals surface area contributed by atoms with Crippen molar-refractivity contribution >= 4 is 23.1 Å². The third-order valence-corrected chi connectivity index (χ3v) is 2.77. The fraction of sp³-hybridized carbons (Fsp3) is 0.111. The molecule has 0 spiro atoms. The molecule has 2 aromatic rings. The topological polar surface area (TPSA) is 25.8 Å². The first-order valence-electron chi connectivity index (χ1n) is 3.92. The van der Waals surface area contributed by atoms with Gasteiger partial charge in [0.05, 0.1) is 5.02 Å². The summed E-state index contributed by atoms with van der Waals surface area (Å²) in [6.07, 6.45) is 0. The normalized spacial score (nSPS) is 10.5. The Kier molecular flexibility index (Phi) is 2.48. The number of benzene rings is 1. The molecule has 0 saturated heterocycles. The van der Waals surface area contributed by atoms with Crippen molar-refractivity contribution in [2.75, 3.05) is 0 Å². The van der Waals surface area contributed by atoms with E-state index >= 15 is 0 Å². The van der Waals surface area contributed by atoms with Gasteiger partial charge in [-0.3, -0.25) is 0 Å². The average Bonchev–Trinajstić information content (AvgIpc) is 2.67. The first kappa shape index (κ1) is 9.55. The van der Waals surface area contributed by atoms with Gasteiger partial charge in [-0.25, -0.2) is 4.39 Å². The number of halogens is 2. The molecule has 1 aromatic heterocycles. The van der Waals surface area contributed by atoms with Crippen molar-refractivity contribution in [3.05, 3.63) is 33.9 Å². The molecule has 0 unspecified atom stereocenters. The molecule has 1 heterocycles. The van der Waals surface area contributed by atoms with Gasteiger partial charge >= 0.3 is 0 Å². The predicted molar refractivity (Wildman–Crippen MR) is 55.1 cm³/mol. The van der Waals surface area contributed by atoms with E-state index in [0.29, 0.717) is 11.3 Å². The largest absolute Gasteiger partial charge is 0.205 e. The van der Waals surface area contributed by atoms with Crippen molar-refractivity contribution in [2.24, 2.45) is 0 Å². The van der Waals surface area contributed by atoms with Gasteiger partial charge in [0.15, 0.2) is 0 Å². The van der Waals surface area contributed by atoms with Gasteiger partial charge < -0.3 is 0 Å². The van der Waals surface area contributed by atoms with E-state index in [0.717, 1.165) is 5.56 Å². The number of aromatic nitrogens is 2. The number of hydrogen-bond donors (Lipinski definition) is 0. The SMILES string of the molecule is Cc1c(-c2csnn2)ccc(Cl)c1F. The molecule has 72 valence electrons. The Bertz CT molecular complexity index is 456. The van der Waals surface area contributed by atoms with E-state index in [1.165, 1.54) is 17.6 Å². The third-order valence-electron chi connectivity index (χ3n) is 1.98. The zero-order valence-electron chi connectivity index (χ0n) is 7.29. The van der Waals surface area contributed by atoms with Crippen LogP contribution in [0.15, 0.2) is 17.5 Å². The van der Waals surface area contributed by atoms with Crippen LogP contribution in [-0.2, 0) is 0 Å². The van der Waals surface area contributed by atoms with E-state index in [-0.39, 0.29) is 5.02 Å². The number of hydrogen-bond acceptors (Lipinski definition) is 3. The van der Waals surface area contributed by atoms with Crippen LogP contribution in [0.2, 0.25) is 5.02 Å². The summed E-state index contributed by atoms with van der Waals surface area (Å²) in [5.74, 6) is -0.392. The predicted octanol–water partition coefficient (Wildman–Crippen LogP) is 3.31. The Labute approximate surface area is 89.5 Å². The lowest BCUT2D eigenvalue weighted by atomic mass is 10.1. The fourth-order valence-corrected chi connectivity index (χ4v) is 1.87. The summed E-state index contributed by atoms with van der Waals surface area (Å²) >= 11 is 6.88. The molecular weight excluding hydrogens is 223 g/mol. The molecule has 2 nitrogen and oxygen atoms in total. The highest BCUT2D eigenvalue weighted by Crippen LogP contribution is 2.28. The van der Waals surface area contributed by atoms with E-state index in [9.17, 15) is 4.39 Å². The van der Waals surface area contributed by atoms with Crippen molar-refractivity contribution < 1.29 is 4.39 Å². The van der Waals surface area contributed by atoms with Gasteiger partial charge in [0, 0.05) is 10.9 Å². The van der Waals surface area contributed by atoms with Gasteiger partial charge in [-0.05, 0) is 30.1 Å². The molecule has 0 bridgehead atoms. The summed E-state index contributed by atoms with van der Waals surface area (Å²) < 4.78 is 17.1. The molecular formula is C9H6ClFN2S. The summed E-state index contributed by atoms with van der Waals surface area (Å²) in [6.45, 7) is 1.68. The second-order valence-corrected chi connectivity index (χ2v) is 3.84. The van der Waals surface area contributed by atoms with Crippen LogP contribution in [0.3, 0.4) is 0 Å². The molecule has 2 rings (SSSR count). The van der Waals surface area contributed by atoms with Crippen LogP contribution in [0.5, 0.6) is 0 Å². The maximum Gasteiger partial charge on any atom is 0.145 e. The average molecular weight is 229 g/mol. The van der Waals surface area contributed by atoms with Crippen molar-refractivity contribution in [1.29, 1.82) is 0 Å². The Morgan fingerprint density at radius 3 is 2.86 bits per heavy atom. The summed E-state index contributed by atoms with van der Waals surface area (Å²) in [5, 5.41) is 5.78. The highest BCUT2D eigenvalue weighted by molar-refractivity contribution is 7.03. The molecule has 0 aliphatic carbocycles. The second kappa shape index (κ2) is 3.63. The molecule has 0 aliphatic rings. The van der Waals surface area contributed by atoms with Crippen molar-refractivity contribution in [1.82, 2.24) is 9.59 Å². The van der Waals surface area contributed by atoms with Gasteiger partial charge in [0.25, 0.3) is 0 Å². The minimum atomic E-state index is -0.392.